The number of nitrogens with one attached hydrogen (secondary N) is 1. The quantitative estimate of drug-likeness (QED) is 0.874. The van der Waals surface area contributed by atoms with Crippen molar-refractivity contribution >= 4 is 17.7 Å². The molecular formula is C19H18N2O3. The number of rotatable bonds is 3. The van der Waals surface area contributed by atoms with Crippen LogP contribution >= 0.6 is 0 Å². The maximum atomic E-state index is 12.0. The zero-order chi connectivity index (χ0) is 16.4. The lowest BCUT2D eigenvalue weighted by Crippen LogP contribution is -2.34. The standard InChI is InChI=1S/C19H18N2O3/c22-18(8-5-14-4-3-11-20-13-14)21-15-6-7-16-17(12-15)24-19(23-16)9-1-2-10-19/h3-8,11-13H,1-2,9-10H2,(H,21,22)/b8-5+. The van der Waals surface area contributed by atoms with Crippen LogP contribution in [0.5, 0.6) is 11.5 Å². The van der Waals surface area contributed by atoms with Crippen LogP contribution in [0.4, 0.5) is 5.69 Å². The number of amides is 1. The van der Waals surface area contributed by atoms with E-state index in [0.29, 0.717) is 11.4 Å². The Balaban J connectivity index is 1.43. The normalized spacial score (nSPS) is 17.5. The van der Waals surface area contributed by atoms with Crippen LogP contribution in [-0.4, -0.2) is 16.7 Å². The second-order valence-corrected chi connectivity index (χ2v) is 6.09. The number of hydrogen-bond acceptors (Lipinski definition) is 4. The zero-order valence-electron chi connectivity index (χ0n) is 13.2. The van der Waals surface area contributed by atoms with Crippen LogP contribution < -0.4 is 14.8 Å². The molecule has 1 aliphatic carbocycles. The summed E-state index contributed by atoms with van der Waals surface area (Å²) in [5.41, 5.74) is 1.56. The van der Waals surface area contributed by atoms with Gasteiger partial charge in [-0.1, -0.05) is 6.07 Å². The molecule has 5 heteroatoms. The molecule has 1 aromatic heterocycles. The SMILES string of the molecule is O=C(/C=C/c1cccnc1)Nc1ccc2c(c1)OC1(CCCC1)O2. The van der Waals surface area contributed by atoms with Gasteiger partial charge in [0.15, 0.2) is 11.5 Å². The lowest BCUT2D eigenvalue weighted by Gasteiger charge is -2.21. The minimum atomic E-state index is -0.481. The van der Waals surface area contributed by atoms with Gasteiger partial charge in [-0.3, -0.25) is 9.78 Å². The molecule has 0 unspecified atom stereocenters. The summed E-state index contributed by atoms with van der Waals surface area (Å²) in [6, 6.07) is 9.21. The molecule has 5 nitrogen and oxygen atoms in total. The Labute approximate surface area is 140 Å². The molecule has 1 N–H and O–H groups in total. The molecule has 1 spiro atoms. The maximum Gasteiger partial charge on any atom is 0.251 e. The zero-order valence-corrected chi connectivity index (χ0v) is 13.2. The first-order valence-electron chi connectivity index (χ1n) is 8.14. The van der Waals surface area contributed by atoms with Gasteiger partial charge < -0.3 is 14.8 Å². The van der Waals surface area contributed by atoms with Gasteiger partial charge in [-0.25, -0.2) is 0 Å². The number of aromatic nitrogens is 1. The predicted octanol–water partition coefficient (Wildman–Crippen LogP) is 3.78. The van der Waals surface area contributed by atoms with E-state index in [1.165, 1.54) is 6.08 Å². The van der Waals surface area contributed by atoms with E-state index in [1.54, 1.807) is 18.5 Å². The van der Waals surface area contributed by atoms with Crippen LogP contribution in [0.3, 0.4) is 0 Å². The number of hydrogen-bond donors (Lipinski definition) is 1. The van der Waals surface area contributed by atoms with Gasteiger partial charge in [-0.15, -0.1) is 0 Å². The molecule has 1 amide bonds. The summed E-state index contributed by atoms with van der Waals surface area (Å²) in [7, 11) is 0. The fourth-order valence-corrected chi connectivity index (χ4v) is 3.12. The van der Waals surface area contributed by atoms with E-state index in [1.807, 2.05) is 30.3 Å². The van der Waals surface area contributed by atoms with E-state index in [2.05, 4.69) is 10.3 Å². The molecule has 1 saturated carbocycles. The van der Waals surface area contributed by atoms with Crippen molar-refractivity contribution in [2.75, 3.05) is 5.32 Å². The lowest BCUT2D eigenvalue weighted by molar-refractivity contribution is -0.111. The summed E-state index contributed by atoms with van der Waals surface area (Å²) >= 11 is 0. The van der Waals surface area contributed by atoms with Gasteiger partial charge in [-0.2, -0.15) is 0 Å². The van der Waals surface area contributed by atoms with E-state index >= 15 is 0 Å². The van der Waals surface area contributed by atoms with Gasteiger partial charge in [-0.05, 0) is 42.7 Å². The fraction of sp³-hybridized carbons (Fsp3) is 0.263. The van der Waals surface area contributed by atoms with Gasteiger partial charge in [0.25, 0.3) is 5.79 Å². The largest absolute Gasteiger partial charge is 0.448 e. The molecule has 0 bridgehead atoms. The van der Waals surface area contributed by atoms with Crippen LogP contribution in [0.15, 0.2) is 48.8 Å². The molecule has 4 rings (SSSR count). The van der Waals surface area contributed by atoms with Crippen molar-refractivity contribution in [3.63, 3.8) is 0 Å². The molecule has 0 saturated heterocycles. The Morgan fingerprint density at radius 1 is 1.17 bits per heavy atom. The average Bonchev–Trinajstić information content (AvgIpc) is 3.20. The van der Waals surface area contributed by atoms with Crippen LogP contribution in [-0.2, 0) is 4.79 Å². The summed E-state index contributed by atoms with van der Waals surface area (Å²) in [6.07, 6.45) is 10.7. The van der Waals surface area contributed by atoms with Gasteiger partial charge in [0.05, 0.1) is 0 Å². The molecule has 0 atom stereocenters. The van der Waals surface area contributed by atoms with Crippen molar-refractivity contribution in [3.8, 4) is 11.5 Å². The molecule has 1 aliphatic heterocycles. The Morgan fingerprint density at radius 2 is 2.00 bits per heavy atom. The molecule has 1 fully saturated rings. The first-order valence-corrected chi connectivity index (χ1v) is 8.14. The Kier molecular flexibility index (Phi) is 3.69. The number of carbonyl (C=O) groups is 1. The van der Waals surface area contributed by atoms with E-state index in [4.69, 9.17) is 9.47 Å². The van der Waals surface area contributed by atoms with Crippen molar-refractivity contribution in [3.05, 3.63) is 54.4 Å². The van der Waals surface area contributed by atoms with E-state index in [9.17, 15) is 4.79 Å². The van der Waals surface area contributed by atoms with Crippen LogP contribution in [0.25, 0.3) is 6.08 Å². The number of pyridine rings is 1. The first-order chi connectivity index (χ1) is 11.7. The molecule has 24 heavy (non-hydrogen) atoms. The number of fused-ring (bicyclic) bond motifs is 1. The Hall–Kier alpha value is -2.82. The second-order valence-electron chi connectivity index (χ2n) is 6.09. The third-order valence-corrected chi connectivity index (χ3v) is 4.28. The number of anilines is 1. The van der Waals surface area contributed by atoms with E-state index < -0.39 is 5.79 Å². The Bertz CT molecular complexity index is 780. The van der Waals surface area contributed by atoms with Crippen molar-refractivity contribution in [1.82, 2.24) is 4.98 Å². The van der Waals surface area contributed by atoms with Gasteiger partial charge >= 0.3 is 0 Å². The smallest absolute Gasteiger partial charge is 0.251 e. The van der Waals surface area contributed by atoms with Crippen LogP contribution in [0.1, 0.15) is 31.2 Å². The molecule has 2 heterocycles. The molecule has 2 aliphatic rings. The predicted molar refractivity (Wildman–Crippen MR) is 90.8 cm³/mol. The monoisotopic (exact) mass is 322 g/mol. The summed E-state index contributed by atoms with van der Waals surface area (Å²) in [4.78, 5) is 16.1. The van der Waals surface area contributed by atoms with Gasteiger partial charge in [0.2, 0.25) is 5.91 Å². The Morgan fingerprint density at radius 3 is 2.79 bits per heavy atom. The first kappa shape index (κ1) is 14.8. The highest BCUT2D eigenvalue weighted by molar-refractivity contribution is 6.02. The fourth-order valence-electron chi connectivity index (χ4n) is 3.12. The van der Waals surface area contributed by atoms with Crippen LogP contribution in [0.2, 0.25) is 0 Å². The molecule has 122 valence electrons. The summed E-state index contributed by atoms with van der Waals surface area (Å²) in [5.74, 6) is 0.769. The number of nitrogens with zero attached hydrogens (tertiary/aromatic N) is 1. The van der Waals surface area contributed by atoms with Crippen LogP contribution in [0, 0.1) is 0 Å². The van der Waals surface area contributed by atoms with Crippen molar-refractivity contribution in [2.45, 2.75) is 31.5 Å². The van der Waals surface area contributed by atoms with Gasteiger partial charge in [0, 0.05) is 43.1 Å². The summed E-state index contributed by atoms with van der Waals surface area (Å²) in [5, 5.41) is 2.84. The maximum absolute atomic E-state index is 12.0. The summed E-state index contributed by atoms with van der Waals surface area (Å²) < 4.78 is 12.0. The second kappa shape index (κ2) is 6.00. The minimum absolute atomic E-state index is 0.201. The lowest BCUT2D eigenvalue weighted by atomic mass is 10.2. The summed E-state index contributed by atoms with van der Waals surface area (Å²) in [6.45, 7) is 0. The molecule has 2 aromatic rings. The topological polar surface area (TPSA) is 60.5 Å². The van der Waals surface area contributed by atoms with E-state index in [0.717, 1.165) is 37.0 Å². The highest BCUT2D eigenvalue weighted by Gasteiger charge is 2.44. The van der Waals surface area contributed by atoms with E-state index in [-0.39, 0.29) is 5.91 Å². The number of carbonyl (C=O) groups excluding carboxylic acids is 1. The molecule has 0 radical (unpaired) electrons. The third kappa shape index (κ3) is 2.97. The van der Waals surface area contributed by atoms with Crippen molar-refractivity contribution in [1.29, 1.82) is 0 Å². The number of ether oxygens (including phenoxy) is 2. The van der Waals surface area contributed by atoms with Crippen molar-refractivity contribution < 1.29 is 14.3 Å². The third-order valence-electron chi connectivity index (χ3n) is 4.28. The molecule has 1 aromatic carbocycles. The van der Waals surface area contributed by atoms with Crippen molar-refractivity contribution in [2.24, 2.45) is 0 Å². The number of benzene rings is 1. The average molecular weight is 322 g/mol. The highest BCUT2D eigenvalue weighted by atomic mass is 16.7. The molecular weight excluding hydrogens is 304 g/mol. The highest BCUT2D eigenvalue weighted by Crippen LogP contribution is 2.47. The van der Waals surface area contributed by atoms with Gasteiger partial charge in [0.1, 0.15) is 0 Å². The minimum Gasteiger partial charge on any atom is -0.448 e.